The van der Waals surface area contributed by atoms with Crippen molar-refractivity contribution in [1.82, 2.24) is 14.3 Å². The summed E-state index contributed by atoms with van der Waals surface area (Å²) in [6.07, 6.45) is 2.01. The molecule has 0 saturated carbocycles. The molecule has 3 heterocycles. The van der Waals surface area contributed by atoms with E-state index >= 15 is 0 Å². The molecule has 1 saturated heterocycles. The molecule has 0 amide bonds. The zero-order valence-electron chi connectivity index (χ0n) is 10.2. The van der Waals surface area contributed by atoms with Gasteiger partial charge in [0.05, 0.1) is 18.4 Å². The Morgan fingerprint density at radius 2 is 2.50 bits per heavy atom. The van der Waals surface area contributed by atoms with Gasteiger partial charge in [0.25, 0.3) is 5.56 Å². The second-order valence-electron chi connectivity index (χ2n) is 4.56. The number of fused-ring (bicyclic) bond motifs is 1. The molecular formula is C12H15N3O2S. The lowest BCUT2D eigenvalue weighted by Crippen LogP contribution is -2.40. The molecule has 0 aromatic carbocycles. The van der Waals surface area contributed by atoms with E-state index in [1.165, 1.54) is 11.3 Å². The van der Waals surface area contributed by atoms with Gasteiger partial charge in [-0.2, -0.15) is 0 Å². The van der Waals surface area contributed by atoms with E-state index in [9.17, 15) is 4.79 Å². The fourth-order valence-corrected chi connectivity index (χ4v) is 2.97. The highest BCUT2D eigenvalue weighted by atomic mass is 32.1. The van der Waals surface area contributed by atoms with Crippen LogP contribution in [0.5, 0.6) is 0 Å². The maximum absolute atomic E-state index is 11.9. The fraction of sp³-hybridized carbons (Fsp3) is 0.500. The van der Waals surface area contributed by atoms with Crippen molar-refractivity contribution in [2.45, 2.75) is 19.6 Å². The van der Waals surface area contributed by atoms with Gasteiger partial charge in [0, 0.05) is 37.3 Å². The number of hydrogen-bond donors (Lipinski definition) is 0. The Hall–Kier alpha value is -1.24. The monoisotopic (exact) mass is 265 g/mol. The Balaban J connectivity index is 1.83. The molecule has 96 valence electrons. The number of nitrogens with zero attached hydrogens (tertiary/aromatic N) is 3. The van der Waals surface area contributed by atoms with Crippen LogP contribution in [0.1, 0.15) is 12.6 Å². The van der Waals surface area contributed by atoms with Crippen molar-refractivity contribution in [1.29, 1.82) is 0 Å². The van der Waals surface area contributed by atoms with E-state index in [1.54, 1.807) is 16.7 Å². The van der Waals surface area contributed by atoms with E-state index in [2.05, 4.69) is 16.8 Å². The van der Waals surface area contributed by atoms with E-state index in [4.69, 9.17) is 4.74 Å². The summed E-state index contributed by atoms with van der Waals surface area (Å²) in [7, 11) is 0. The van der Waals surface area contributed by atoms with E-state index < -0.39 is 0 Å². The highest BCUT2D eigenvalue weighted by Crippen LogP contribution is 2.10. The topological polar surface area (TPSA) is 46.8 Å². The number of thiazole rings is 1. The first-order valence-corrected chi connectivity index (χ1v) is 6.90. The first-order chi connectivity index (χ1) is 8.72. The Kier molecular flexibility index (Phi) is 3.15. The predicted octanol–water partition coefficient (Wildman–Crippen LogP) is 0.977. The number of morpholine rings is 1. The van der Waals surface area contributed by atoms with Crippen LogP contribution in [-0.4, -0.2) is 40.1 Å². The first-order valence-electron chi connectivity index (χ1n) is 6.02. The van der Waals surface area contributed by atoms with E-state index in [1.807, 2.05) is 5.38 Å². The molecule has 6 heteroatoms. The summed E-state index contributed by atoms with van der Waals surface area (Å²) < 4.78 is 7.08. The standard InChI is InChI=1S/C12H15N3O2S/c1-9-7-14(2-4-17-9)8-10-6-11(16)15-3-5-18-12(15)13-10/h3,5-6,9H,2,4,7-8H2,1H3. The van der Waals surface area contributed by atoms with Crippen molar-refractivity contribution in [3.63, 3.8) is 0 Å². The first kappa shape index (κ1) is 11.8. The van der Waals surface area contributed by atoms with Gasteiger partial charge in [0.2, 0.25) is 0 Å². The highest BCUT2D eigenvalue weighted by molar-refractivity contribution is 7.15. The maximum Gasteiger partial charge on any atom is 0.258 e. The molecule has 1 aliphatic rings. The molecule has 1 aliphatic heterocycles. The van der Waals surface area contributed by atoms with Gasteiger partial charge in [0.1, 0.15) is 0 Å². The third-order valence-electron chi connectivity index (χ3n) is 3.07. The van der Waals surface area contributed by atoms with Gasteiger partial charge in [-0.25, -0.2) is 4.98 Å². The molecule has 18 heavy (non-hydrogen) atoms. The van der Waals surface area contributed by atoms with Gasteiger partial charge in [-0.05, 0) is 6.92 Å². The molecule has 0 radical (unpaired) electrons. The van der Waals surface area contributed by atoms with Crippen LogP contribution in [0.3, 0.4) is 0 Å². The molecule has 3 rings (SSSR count). The quantitative estimate of drug-likeness (QED) is 0.812. The molecule has 1 fully saturated rings. The molecule has 0 N–H and O–H groups in total. The summed E-state index contributed by atoms with van der Waals surface area (Å²) in [5.41, 5.74) is 0.842. The van der Waals surface area contributed by atoms with Crippen LogP contribution in [-0.2, 0) is 11.3 Å². The lowest BCUT2D eigenvalue weighted by Gasteiger charge is -2.30. The second-order valence-corrected chi connectivity index (χ2v) is 5.43. The van der Waals surface area contributed by atoms with Crippen LogP contribution in [0.2, 0.25) is 0 Å². The second kappa shape index (κ2) is 4.79. The van der Waals surface area contributed by atoms with Crippen molar-refractivity contribution in [3.8, 4) is 0 Å². The Bertz CT molecular complexity index is 607. The maximum atomic E-state index is 11.9. The lowest BCUT2D eigenvalue weighted by atomic mass is 10.3. The average Bonchev–Trinajstić information content (AvgIpc) is 2.77. The zero-order chi connectivity index (χ0) is 12.5. The molecule has 2 aromatic heterocycles. The third kappa shape index (κ3) is 2.31. The van der Waals surface area contributed by atoms with Crippen molar-refractivity contribution in [2.24, 2.45) is 0 Å². The van der Waals surface area contributed by atoms with Crippen LogP contribution in [0.25, 0.3) is 4.96 Å². The third-order valence-corrected chi connectivity index (χ3v) is 3.82. The van der Waals surface area contributed by atoms with Crippen molar-refractivity contribution in [3.05, 3.63) is 33.7 Å². The van der Waals surface area contributed by atoms with Gasteiger partial charge in [-0.1, -0.05) is 0 Å². The number of ether oxygens (including phenoxy) is 1. The van der Waals surface area contributed by atoms with E-state index in [-0.39, 0.29) is 11.7 Å². The van der Waals surface area contributed by atoms with Gasteiger partial charge in [-0.3, -0.25) is 14.1 Å². The normalized spacial score (nSPS) is 21.5. The summed E-state index contributed by atoms with van der Waals surface area (Å²) in [4.78, 5) is 19.4. The summed E-state index contributed by atoms with van der Waals surface area (Å²) in [6.45, 7) is 5.33. The van der Waals surface area contributed by atoms with Gasteiger partial charge < -0.3 is 4.74 Å². The van der Waals surface area contributed by atoms with Crippen LogP contribution in [0.15, 0.2) is 22.4 Å². The summed E-state index contributed by atoms with van der Waals surface area (Å²) >= 11 is 1.49. The average molecular weight is 265 g/mol. The van der Waals surface area contributed by atoms with E-state index in [0.717, 1.165) is 36.9 Å². The largest absolute Gasteiger partial charge is 0.376 e. The molecule has 0 spiro atoms. The zero-order valence-corrected chi connectivity index (χ0v) is 11.0. The number of hydrogen-bond acceptors (Lipinski definition) is 5. The SMILES string of the molecule is CC1CN(Cc2cc(=O)n3ccsc3n2)CCO1. The molecular weight excluding hydrogens is 250 g/mol. The Morgan fingerprint density at radius 3 is 3.33 bits per heavy atom. The van der Waals surface area contributed by atoms with Crippen molar-refractivity contribution >= 4 is 16.3 Å². The van der Waals surface area contributed by atoms with Crippen molar-refractivity contribution in [2.75, 3.05) is 19.7 Å². The fourth-order valence-electron chi connectivity index (χ4n) is 2.23. The van der Waals surface area contributed by atoms with Crippen molar-refractivity contribution < 1.29 is 4.74 Å². The highest BCUT2D eigenvalue weighted by Gasteiger charge is 2.17. The van der Waals surface area contributed by atoms with Crippen LogP contribution >= 0.6 is 11.3 Å². The van der Waals surface area contributed by atoms with Gasteiger partial charge >= 0.3 is 0 Å². The lowest BCUT2D eigenvalue weighted by molar-refractivity contribution is -0.0215. The summed E-state index contributed by atoms with van der Waals surface area (Å²) in [5, 5.41) is 1.88. The minimum absolute atomic E-state index is 0.00226. The van der Waals surface area contributed by atoms with Crippen LogP contribution < -0.4 is 5.56 Å². The Labute approximate surface area is 109 Å². The predicted molar refractivity (Wildman–Crippen MR) is 70.0 cm³/mol. The molecule has 1 unspecified atom stereocenters. The van der Waals surface area contributed by atoms with Gasteiger partial charge in [-0.15, -0.1) is 11.3 Å². The van der Waals surface area contributed by atoms with Gasteiger partial charge in [0.15, 0.2) is 4.96 Å². The minimum Gasteiger partial charge on any atom is -0.376 e. The molecule has 1 atom stereocenters. The number of rotatable bonds is 2. The molecule has 2 aromatic rings. The van der Waals surface area contributed by atoms with Crippen LogP contribution in [0, 0.1) is 0 Å². The molecule has 0 aliphatic carbocycles. The summed E-state index contributed by atoms with van der Waals surface area (Å²) in [5.74, 6) is 0. The number of aromatic nitrogens is 2. The molecule has 0 bridgehead atoms. The smallest absolute Gasteiger partial charge is 0.258 e. The minimum atomic E-state index is -0.00226. The van der Waals surface area contributed by atoms with Crippen LogP contribution in [0.4, 0.5) is 0 Å². The molecule has 5 nitrogen and oxygen atoms in total. The summed E-state index contributed by atoms with van der Waals surface area (Å²) in [6, 6.07) is 1.62. The van der Waals surface area contributed by atoms with E-state index in [0.29, 0.717) is 0 Å². The Morgan fingerprint density at radius 1 is 1.61 bits per heavy atom.